The van der Waals surface area contributed by atoms with Crippen molar-refractivity contribution >= 4 is 23.1 Å². The highest BCUT2D eigenvalue weighted by Gasteiger charge is 2.24. The van der Waals surface area contributed by atoms with Gasteiger partial charge in [0.25, 0.3) is 11.8 Å². The van der Waals surface area contributed by atoms with E-state index in [1.165, 1.54) is 15.8 Å². The Bertz CT molecular complexity index is 1350. The van der Waals surface area contributed by atoms with Gasteiger partial charge in [-0.05, 0) is 25.1 Å². The number of hydrogen-bond acceptors (Lipinski definition) is 6. The van der Waals surface area contributed by atoms with Crippen LogP contribution in [0.3, 0.4) is 0 Å². The molecule has 1 aromatic carbocycles. The molecule has 0 radical (unpaired) electrons. The highest BCUT2D eigenvalue weighted by Crippen LogP contribution is 2.23. The molecule has 4 rings (SSSR count). The fourth-order valence-corrected chi connectivity index (χ4v) is 3.37. The lowest BCUT2D eigenvalue weighted by Gasteiger charge is -2.14. The number of amides is 2. The zero-order valence-corrected chi connectivity index (χ0v) is 19.0. The van der Waals surface area contributed by atoms with Crippen molar-refractivity contribution in [3.05, 3.63) is 60.0 Å². The number of anilines is 1. The van der Waals surface area contributed by atoms with E-state index in [2.05, 4.69) is 20.5 Å². The van der Waals surface area contributed by atoms with E-state index in [0.29, 0.717) is 35.0 Å². The number of fused-ring (bicyclic) bond motifs is 1. The molecule has 10 nitrogen and oxygen atoms in total. The largest absolute Gasteiger partial charge is 0.491 e. The molecule has 1 N–H and O–H groups in total. The van der Waals surface area contributed by atoms with Crippen LogP contribution in [0.2, 0.25) is 0 Å². The van der Waals surface area contributed by atoms with Gasteiger partial charge in [-0.25, -0.2) is 13.9 Å². The van der Waals surface area contributed by atoms with Gasteiger partial charge in [-0.3, -0.25) is 14.3 Å². The molecular formula is C23H24FN7O3. The summed E-state index contributed by atoms with van der Waals surface area (Å²) < 4.78 is 20.7. The molecule has 0 bridgehead atoms. The zero-order chi connectivity index (χ0) is 24.2. The number of pyridine rings is 1. The van der Waals surface area contributed by atoms with Crippen LogP contribution in [0.4, 0.5) is 10.1 Å². The van der Waals surface area contributed by atoms with Gasteiger partial charge in [0.05, 0.1) is 11.8 Å². The van der Waals surface area contributed by atoms with Crippen LogP contribution in [0, 0.1) is 0 Å². The molecular weight excluding hydrogens is 441 g/mol. The first-order valence-electron chi connectivity index (χ1n) is 10.7. The van der Waals surface area contributed by atoms with Crippen LogP contribution in [-0.2, 0) is 7.05 Å². The predicted octanol–water partition coefficient (Wildman–Crippen LogP) is 2.82. The van der Waals surface area contributed by atoms with Crippen molar-refractivity contribution in [3.63, 3.8) is 0 Å². The number of halogens is 1. The van der Waals surface area contributed by atoms with Crippen molar-refractivity contribution in [3.8, 4) is 17.1 Å². The third-order valence-corrected chi connectivity index (χ3v) is 5.24. The molecule has 4 aromatic rings. The first kappa shape index (κ1) is 22.9. The minimum atomic E-state index is -0.574. The Balaban J connectivity index is 1.58. The van der Waals surface area contributed by atoms with E-state index >= 15 is 0 Å². The molecule has 0 unspecified atom stereocenters. The lowest BCUT2D eigenvalue weighted by atomic mass is 10.2. The number of aryl methyl sites for hydroxylation is 1. The first-order valence-corrected chi connectivity index (χ1v) is 10.7. The molecule has 0 aliphatic rings. The summed E-state index contributed by atoms with van der Waals surface area (Å²) in [6.45, 7) is 1.76. The molecule has 0 aliphatic heterocycles. The number of alkyl halides is 1. The number of carbonyl (C=O) groups excluding carboxylic acids is 2. The number of benzene rings is 1. The summed E-state index contributed by atoms with van der Waals surface area (Å²) in [5.74, 6) is 0.235. The van der Waals surface area contributed by atoms with Crippen LogP contribution in [-0.4, -0.2) is 68.0 Å². The van der Waals surface area contributed by atoms with Gasteiger partial charge in [-0.15, -0.1) is 5.10 Å². The van der Waals surface area contributed by atoms with E-state index in [4.69, 9.17) is 4.74 Å². The van der Waals surface area contributed by atoms with Crippen LogP contribution in [0.15, 0.2) is 48.8 Å². The van der Waals surface area contributed by atoms with Crippen molar-refractivity contribution in [1.29, 1.82) is 0 Å². The van der Waals surface area contributed by atoms with Gasteiger partial charge in [-0.1, -0.05) is 12.1 Å². The molecule has 176 valence electrons. The maximum Gasteiger partial charge on any atom is 0.274 e. The summed E-state index contributed by atoms with van der Waals surface area (Å²) in [6.07, 6.45) is 3.06. The van der Waals surface area contributed by atoms with Gasteiger partial charge in [-0.2, -0.15) is 5.10 Å². The SMILES string of the molecule is CCN(C)C(=O)c1cnn(C)c1C(=O)Nc1ccn2nc(-c3cccc(OCCF)c3)nc2c1. The van der Waals surface area contributed by atoms with E-state index < -0.39 is 12.6 Å². The summed E-state index contributed by atoms with van der Waals surface area (Å²) in [6, 6.07) is 10.4. The summed E-state index contributed by atoms with van der Waals surface area (Å²) >= 11 is 0. The Morgan fingerprint density at radius 1 is 1.24 bits per heavy atom. The molecule has 34 heavy (non-hydrogen) atoms. The Hall–Kier alpha value is -4.28. The molecule has 3 heterocycles. The van der Waals surface area contributed by atoms with Gasteiger partial charge in [0.1, 0.15) is 24.7 Å². The van der Waals surface area contributed by atoms with Crippen LogP contribution < -0.4 is 10.1 Å². The van der Waals surface area contributed by atoms with Crippen molar-refractivity contribution in [2.45, 2.75) is 6.92 Å². The molecule has 11 heteroatoms. The molecule has 0 saturated carbocycles. The maximum atomic E-state index is 13.0. The molecule has 0 saturated heterocycles. The van der Waals surface area contributed by atoms with Crippen LogP contribution >= 0.6 is 0 Å². The molecule has 0 spiro atoms. The van der Waals surface area contributed by atoms with Crippen LogP contribution in [0.25, 0.3) is 17.0 Å². The number of hydrogen-bond donors (Lipinski definition) is 1. The van der Waals surface area contributed by atoms with Gasteiger partial charge in [0, 0.05) is 44.2 Å². The van der Waals surface area contributed by atoms with E-state index in [9.17, 15) is 14.0 Å². The predicted molar refractivity (Wildman–Crippen MR) is 124 cm³/mol. The Kier molecular flexibility index (Phi) is 6.53. The van der Waals surface area contributed by atoms with Gasteiger partial charge in [0.2, 0.25) is 0 Å². The number of carbonyl (C=O) groups is 2. The normalized spacial score (nSPS) is 10.9. The molecule has 0 atom stereocenters. The molecule has 2 amide bonds. The summed E-state index contributed by atoms with van der Waals surface area (Å²) in [7, 11) is 3.27. The number of rotatable bonds is 8. The average molecular weight is 465 g/mol. The third-order valence-electron chi connectivity index (χ3n) is 5.24. The quantitative estimate of drug-likeness (QED) is 0.429. The second kappa shape index (κ2) is 9.69. The summed E-state index contributed by atoms with van der Waals surface area (Å²) in [4.78, 5) is 31.6. The van der Waals surface area contributed by atoms with Crippen molar-refractivity contribution < 1.29 is 18.7 Å². The maximum absolute atomic E-state index is 13.0. The van der Waals surface area contributed by atoms with Crippen LogP contribution in [0.5, 0.6) is 5.75 Å². The first-order chi connectivity index (χ1) is 16.4. The van der Waals surface area contributed by atoms with E-state index in [1.54, 1.807) is 55.1 Å². The standard InChI is InChI=1S/C23H24FN7O3/c1-4-29(2)23(33)18-14-25-30(3)20(18)22(32)26-16-8-10-31-19(13-16)27-21(28-31)15-6-5-7-17(12-15)34-11-9-24/h5-8,10,12-14H,4,9,11H2,1-3H3,(H,26,32). The third kappa shape index (κ3) is 4.58. The fourth-order valence-electron chi connectivity index (χ4n) is 3.37. The smallest absolute Gasteiger partial charge is 0.274 e. The van der Waals surface area contributed by atoms with Gasteiger partial charge >= 0.3 is 0 Å². The van der Waals surface area contributed by atoms with E-state index in [0.717, 1.165) is 0 Å². The van der Waals surface area contributed by atoms with Gasteiger partial charge < -0.3 is 15.0 Å². The monoisotopic (exact) mass is 465 g/mol. The molecule has 0 aliphatic carbocycles. The number of ether oxygens (including phenoxy) is 1. The van der Waals surface area contributed by atoms with Crippen LogP contribution in [0.1, 0.15) is 27.8 Å². The average Bonchev–Trinajstić information content (AvgIpc) is 3.45. The minimum Gasteiger partial charge on any atom is -0.491 e. The Labute approximate surface area is 195 Å². The lowest BCUT2D eigenvalue weighted by Crippen LogP contribution is -2.29. The number of nitrogens with zero attached hydrogens (tertiary/aromatic N) is 6. The minimum absolute atomic E-state index is 0.0240. The second-order valence-electron chi connectivity index (χ2n) is 7.52. The summed E-state index contributed by atoms with van der Waals surface area (Å²) in [5, 5.41) is 11.3. The Morgan fingerprint density at radius 3 is 2.82 bits per heavy atom. The van der Waals surface area contributed by atoms with Crippen molar-refractivity contribution in [1.82, 2.24) is 29.3 Å². The fraction of sp³-hybridized carbons (Fsp3) is 0.261. The number of aromatic nitrogens is 5. The summed E-state index contributed by atoms with van der Waals surface area (Å²) in [5.41, 5.74) is 2.10. The zero-order valence-electron chi connectivity index (χ0n) is 19.0. The van der Waals surface area contributed by atoms with E-state index in [1.807, 2.05) is 13.0 Å². The van der Waals surface area contributed by atoms with Crippen molar-refractivity contribution in [2.75, 3.05) is 32.2 Å². The Morgan fingerprint density at radius 2 is 2.06 bits per heavy atom. The second-order valence-corrected chi connectivity index (χ2v) is 7.52. The molecule has 0 fully saturated rings. The topological polar surface area (TPSA) is 107 Å². The lowest BCUT2D eigenvalue weighted by molar-refractivity contribution is 0.0796. The highest BCUT2D eigenvalue weighted by atomic mass is 19.1. The number of nitrogens with one attached hydrogen (secondary N) is 1. The van der Waals surface area contributed by atoms with Gasteiger partial charge in [0.15, 0.2) is 11.5 Å². The highest BCUT2D eigenvalue weighted by molar-refractivity contribution is 6.11. The molecule has 3 aromatic heterocycles. The van der Waals surface area contributed by atoms with Crippen molar-refractivity contribution in [2.24, 2.45) is 7.05 Å². The van der Waals surface area contributed by atoms with E-state index in [-0.39, 0.29) is 23.8 Å².